The molecular formula is C19H18N4O2S. The fourth-order valence-electron chi connectivity index (χ4n) is 3.24. The van der Waals surface area contributed by atoms with Gasteiger partial charge in [0.1, 0.15) is 6.04 Å². The van der Waals surface area contributed by atoms with Crippen molar-refractivity contribution in [2.24, 2.45) is 0 Å². The monoisotopic (exact) mass is 366 g/mol. The van der Waals surface area contributed by atoms with Crippen LogP contribution in [0.2, 0.25) is 0 Å². The molecule has 26 heavy (non-hydrogen) atoms. The molecule has 0 bridgehead atoms. The third-order valence-corrected chi connectivity index (χ3v) is 5.33. The van der Waals surface area contributed by atoms with Crippen LogP contribution >= 0.6 is 11.3 Å². The molecule has 0 aliphatic heterocycles. The number of fused-ring (bicyclic) bond motifs is 3. The molecule has 1 aromatic carbocycles. The van der Waals surface area contributed by atoms with Gasteiger partial charge in [0.05, 0.1) is 12.1 Å². The van der Waals surface area contributed by atoms with E-state index in [1.54, 1.807) is 11.3 Å². The van der Waals surface area contributed by atoms with Crippen LogP contribution in [0, 0.1) is 6.92 Å². The molecule has 0 radical (unpaired) electrons. The van der Waals surface area contributed by atoms with Gasteiger partial charge in [0.2, 0.25) is 5.91 Å². The van der Waals surface area contributed by atoms with Crippen molar-refractivity contribution in [2.75, 3.05) is 0 Å². The quantitative estimate of drug-likeness (QED) is 0.604. The van der Waals surface area contributed by atoms with Crippen molar-refractivity contribution in [3.05, 3.63) is 68.8 Å². The van der Waals surface area contributed by atoms with Gasteiger partial charge in [-0.25, -0.2) is 4.52 Å². The van der Waals surface area contributed by atoms with Crippen LogP contribution < -0.4 is 10.9 Å². The van der Waals surface area contributed by atoms with E-state index in [-0.39, 0.29) is 11.5 Å². The van der Waals surface area contributed by atoms with Crippen LogP contribution in [-0.2, 0) is 11.3 Å². The minimum Gasteiger partial charge on any atom is -0.349 e. The van der Waals surface area contributed by atoms with Crippen molar-refractivity contribution in [1.82, 2.24) is 19.5 Å². The van der Waals surface area contributed by atoms with Crippen LogP contribution in [0.25, 0.3) is 16.6 Å². The summed E-state index contributed by atoms with van der Waals surface area (Å²) in [7, 11) is 0. The average Bonchev–Trinajstić information content (AvgIpc) is 3.25. The summed E-state index contributed by atoms with van der Waals surface area (Å²) >= 11 is 1.61. The van der Waals surface area contributed by atoms with Gasteiger partial charge in [-0.2, -0.15) is 4.98 Å². The lowest BCUT2D eigenvalue weighted by molar-refractivity contribution is -0.124. The molecule has 1 amide bonds. The molecule has 7 heteroatoms. The Morgan fingerprint density at radius 2 is 2.08 bits per heavy atom. The number of aryl methyl sites for hydroxylation is 1. The van der Waals surface area contributed by atoms with Crippen molar-refractivity contribution in [2.45, 2.75) is 26.4 Å². The second kappa shape index (κ2) is 6.42. The minimum absolute atomic E-state index is 0.0841. The zero-order valence-electron chi connectivity index (χ0n) is 14.5. The predicted molar refractivity (Wildman–Crippen MR) is 103 cm³/mol. The Labute approximate surface area is 153 Å². The average molecular weight is 366 g/mol. The fourth-order valence-corrected chi connectivity index (χ4v) is 3.88. The van der Waals surface area contributed by atoms with E-state index in [2.05, 4.69) is 10.3 Å². The van der Waals surface area contributed by atoms with E-state index in [0.717, 1.165) is 21.5 Å². The van der Waals surface area contributed by atoms with Gasteiger partial charge in [0, 0.05) is 22.0 Å². The summed E-state index contributed by atoms with van der Waals surface area (Å²) in [4.78, 5) is 29.9. The molecule has 0 fully saturated rings. The molecule has 0 saturated carbocycles. The van der Waals surface area contributed by atoms with Gasteiger partial charge < -0.3 is 5.32 Å². The first-order valence-corrected chi connectivity index (χ1v) is 9.24. The largest absolute Gasteiger partial charge is 0.349 e. The third-order valence-electron chi connectivity index (χ3n) is 4.45. The Morgan fingerprint density at radius 1 is 1.27 bits per heavy atom. The molecule has 0 spiro atoms. The van der Waals surface area contributed by atoms with Crippen molar-refractivity contribution in [1.29, 1.82) is 0 Å². The molecule has 0 aliphatic rings. The number of para-hydroxylation sites is 1. The van der Waals surface area contributed by atoms with E-state index in [0.29, 0.717) is 12.2 Å². The molecular weight excluding hydrogens is 348 g/mol. The second-order valence-electron chi connectivity index (χ2n) is 6.21. The normalized spacial score (nSPS) is 12.5. The molecule has 1 atom stereocenters. The number of rotatable bonds is 4. The van der Waals surface area contributed by atoms with Crippen molar-refractivity contribution >= 4 is 33.8 Å². The number of hydrogen-bond donors (Lipinski definition) is 1. The van der Waals surface area contributed by atoms with Crippen LogP contribution in [0.4, 0.5) is 0 Å². The number of benzene rings is 1. The van der Waals surface area contributed by atoms with Crippen LogP contribution in [0.15, 0.2) is 52.6 Å². The summed E-state index contributed by atoms with van der Waals surface area (Å²) in [6.07, 6.45) is 0. The Hall–Kier alpha value is -2.93. The summed E-state index contributed by atoms with van der Waals surface area (Å²) in [5, 5.41) is 5.83. The van der Waals surface area contributed by atoms with Gasteiger partial charge in [0.15, 0.2) is 5.65 Å². The second-order valence-corrected chi connectivity index (χ2v) is 7.24. The highest BCUT2D eigenvalue weighted by molar-refractivity contribution is 7.09. The van der Waals surface area contributed by atoms with Crippen LogP contribution in [0.3, 0.4) is 0 Å². The van der Waals surface area contributed by atoms with E-state index in [1.165, 1.54) is 6.07 Å². The number of nitrogens with one attached hydrogen (secondary N) is 1. The summed E-state index contributed by atoms with van der Waals surface area (Å²) in [5.41, 5.74) is 1.91. The zero-order valence-corrected chi connectivity index (χ0v) is 15.3. The topological polar surface area (TPSA) is 68.4 Å². The highest BCUT2D eigenvalue weighted by Crippen LogP contribution is 2.25. The number of carbonyl (C=O) groups is 1. The molecule has 4 rings (SSSR count). The van der Waals surface area contributed by atoms with E-state index in [9.17, 15) is 9.59 Å². The van der Waals surface area contributed by atoms with Gasteiger partial charge in [-0.1, -0.05) is 18.2 Å². The summed E-state index contributed by atoms with van der Waals surface area (Å²) < 4.78 is 3.75. The van der Waals surface area contributed by atoms with Crippen LogP contribution in [-0.4, -0.2) is 20.1 Å². The Balaban J connectivity index is 1.81. The molecule has 1 N–H and O–H groups in total. The first kappa shape index (κ1) is 16.5. The van der Waals surface area contributed by atoms with Gasteiger partial charge in [0.25, 0.3) is 5.56 Å². The molecule has 132 valence electrons. The van der Waals surface area contributed by atoms with Crippen LogP contribution in [0.5, 0.6) is 0 Å². The van der Waals surface area contributed by atoms with Gasteiger partial charge in [-0.3, -0.25) is 14.3 Å². The first-order chi connectivity index (χ1) is 12.6. The maximum Gasteiger partial charge on any atom is 0.273 e. The summed E-state index contributed by atoms with van der Waals surface area (Å²) in [6.45, 7) is 4.21. The van der Waals surface area contributed by atoms with Crippen LogP contribution in [0.1, 0.15) is 23.5 Å². The molecule has 3 heterocycles. The van der Waals surface area contributed by atoms with E-state index >= 15 is 0 Å². The standard InChI is InChI=1S/C19H18N4O2S/c1-12-10-17(24)21-18-15-7-3-4-8-16(15)23(22(12)18)13(2)19(25)20-11-14-6-5-9-26-14/h3-10,13H,11H2,1-2H3,(H,20,25)/t13-/m0/s1. The maximum absolute atomic E-state index is 12.8. The van der Waals surface area contributed by atoms with Gasteiger partial charge in [-0.05, 0) is 37.4 Å². The summed E-state index contributed by atoms with van der Waals surface area (Å²) in [6, 6.07) is 12.7. The molecule has 0 unspecified atom stereocenters. The summed E-state index contributed by atoms with van der Waals surface area (Å²) in [5.74, 6) is -0.0841. The van der Waals surface area contributed by atoms with Gasteiger partial charge in [-0.15, -0.1) is 11.3 Å². The minimum atomic E-state index is -0.458. The Kier molecular flexibility index (Phi) is 4.08. The lowest BCUT2D eigenvalue weighted by Crippen LogP contribution is -2.32. The lowest BCUT2D eigenvalue weighted by atomic mass is 10.2. The highest BCUT2D eigenvalue weighted by atomic mass is 32.1. The predicted octanol–water partition coefficient (Wildman–Crippen LogP) is 2.90. The molecule has 4 aromatic rings. The maximum atomic E-state index is 12.8. The fraction of sp³-hybridized carbons (Fsp3) is 0.211. The van der Waals surface area contributed by atoms with E-state index in [4.69, 9.17) is 0 Å². The number of thiophene rings is 1. The van der Waals surface area contributed by atoms with E-state index < -0.39 is 6.04 Å². The number of carbonyl (C=O) groups excluding carboxylic acids is 1. The number of hydrogen-bond acceptors (Lipinski definition) is 4. The SMILES string of the molecule is Cc1cc(=O)nc2c3ccccc3n([C@@H](C)C(=O)NCc3cccs3)n12. The van der Waals surface area contributed by atoms with Crippen molar-refractivity contribution in [3.8, 4) is 0 Å². The highest BCUT2D eigenvalue weighted by Gasteiger charge is 2.22. The lowest BCUT2D eigenvalue weighted by Gasteiger charge is -2.18. The molecule has 0 saturated heterocycles. The molecule has 0 aliphatic carbocycles. The Morgan fingerprint density at radius 3 is 2.85 bits per heavy atom. The first-order valence-electron chi connectivity index (χ1n) is 8.36. The smallest absolute Gasteiger partial charge is 0.273 e. The number of aromatic nitrogens is 3. The zero-order chi connectivity index (χ0) is 18.3. The van der Waals surface area contributed by atoms with E-state index in [1.807, 2.05) is 64.8 Å². The van der Waals surface area contributed by atoms with Crippen molar-refractivity contribution < 1.29 is 4.79 Å². The Bertz CT molecular complexity index is 1160. The molecule has 3 aromatic heterocycles. The number of amides is 1. The van der Waals surface area contributed by atoms with Crippen molar-refractivity contribution in [3.63, 3.8) is 0 Å². The third kappa shape index (κ3) is 2.70. The molecule has 6 nitrogen and oxygen atoms in total. The number of nitrogens with zero attached hydrogens (tertiary/aromatic N) is 3. The van der Waals surface area contributed by atoms with Gasteiger partial charge >= 0.3 is 0 Å².